The van der Waals surface area contributed by atoms with Gasteiger partial charge in [-0.05, 0) is 43.4 Å². The third-order valence-corrected chi connectivity index (χ3v) is 5.53. The molecule has 2 aromatic carbocycles. The van der Waals surface area contributed by atoms with Crippen LogP contribution in [0, 0.1) is 5.92 Å². The van der Waals surface area contributed by atoms with Gasteiger partial charge in [0.15, 0.2) is 6.10 Å². The van der Waals surface area contributed by atoms with E-state index >= 15 is 0 Å². The van der Waals surface area contributed by atoms with Gasteiger partial charge < -0.3 is 15.0 Å². The maximum absolute atomic E-state index is 13.1. The Labute approximate surface area is 183 Å². The van der Waals surface area contributed by atoms with Crippen LogP contribution >= 0.6 is 0 Å². The van der Waals surface area contributed by atoms with Crippen molar-refractivity contribution < 1.29 is 19.1 Å². The van der Waals surface area contributed by atoms with Crippen molar-refractivity contribution in [1.29, 1.82) is 0 Å². The Bertz CT molecular complexity index is 942. The van der Waals surface area contributed by atoms with Gasteiger partial charge in [0.05, 0.1) is 6.42 Å². The number of hydrogen-bond donors (Lipinski definition) is 1. The lowest BCUT2D eigenvalue weighted by Crippen LogP contribution is -2.49. The fourth-order valence-electron chi connectivity index (χ4n) is 3.90. The second-order valence-electron chi connectivity index (χ2n) is 8.42. The maximum Gasteiger partial charge on any atom is 0.329 e. The Balaban J connectivity index is 1.63. The normalized spacial score (nSPS) is 17.1. The van der Waals surface area contributed by atoms with Crippen LogP contribution in [0.1, 0.15) is 38.8 Å². The standard InChI is InChI=1S/C25H30N2O4/c1-16(2)23(26-22(28)15-19-10-6-5-7-11-19)25(30)31-18(4)24(29)27-17(3)14-20-12-8-9-13-21(20)27/h5-13,16-18,23H,14-15H2,1-4H3,(H,26,28)/t17-,18+,23+/m1/s1. The van der Waals surface area contributed by atoms with Gasteiger partial charge in [-0.1, -0.05) is 62.4 Å². The highest BCUT2D eigenvalue weighted by Crippen LogP contribution is 2.32. The van der Waals surface area contributed by atoms with E-state index in [9.17, 15) is 14.4 Å². The first-order valence-electron chi connectivity index (χ1n) is 10.7. The van der Waals surface area contributed by atoms with Crippen molar-refractivity contribution in [3.8, 4) is 0 Å². The van der Waals surface area contributed by atoms with E-state index in [2.05, 4.69) is 5.32 Å². The van der Waals surface area contributed by atoms with Crippen LogP contribution in [0.5, 0.6) is 0 Å². The molecule has 31 heavy (non-hydrogen) atoms. The van der Waals surface area contributed by atoms with E-state index in [0.717, 1.165) is 23.2 Å². The van der Waals surface area contributed by atoms with Crippen molar-refractivity contribution in [1.82, 2.24) is 5.32 Å². The molecule has 0 saturated heterocycles. The predicted molar refractivity (Wildman–Crippen MR) is 120 cm³/mol. The molecule has 2 aromatic rings. The predicted octanol–water partition coefficient (Wildman–Crippen LogP) is 3.28. The summed E-state index contributed by atoms with van der Waals surface area (Å²) >= 11 is 0. The second-order valence-corrected chi connectivity index (χ2v) is 8.42. The molecule has 3 atom stereocenters. The Morgan fingerprint density at radius 1 is 1.03 bits per heavy atom. The van der Waals surface area contributed by atoms with Crippen molar-refractivity contribution in [2.24, 2.45) is 5.92 Å². The number of fused-ring (bicyclic) bond motifs is 1. The number of carbonyl (C=O) groups excluding carboxylic acids is 3. The fourth-order valence-corrected chi connectivity index (χ4v) is 3.90. The van der Waals surface area contributed by atoms with Gasteiger partial charge in [0.25, 0.3) is 5.91 Å². The van der Waals surface area contributed by atoms with Gasteiger partial charge >= 0.3 is 5.97 Å². The highest BCUT2D eigenvalue weighted by atomic mass is 16.5. The third kappa shape index (κ3) is 5.32. The minimum atomic E-state index is -0.951. The molecule has 0 saturated carbocycles. The molecule has 0 unspecified atom stereocenters. The lowest BCUT2D eigenvalue weighted by Gasteiger charge is -2.28. The minimum Gasteiger partial charge on any atom is -0.451 e. The Morgan fingerprint density at radius 2 is 1.68 bits per heavy atom. The van der Waals surface area contributed by atoms with Crippen LogP contribution in [0.4, 0.5) is 5.69 Å². The quantitative estimate of drug-likeness (QED) is 0.695. The molecule has 0 aromatic heterocycles. The van der Waals surface area contributed by atoms with E-state index in [-0.39, 0.29) is 30.2 Å². The molecule has 1 aliphatic rings. The zero-order valence-corrected chi connectivity index (χ0v) is 18.5. The van der Waals surface area contributed by atoms with Crippen LogP contribution in [0.3, 0.4) is 0 Å². The van der Waals surface area contributed by atoms with Gasteiger partial charge in [-0.15, -0.1) is 0 Å². The summed E-state index contributed by atoms with van der Waals surface area (Å²) in [5, 5.41) is 2.76. The van der Waals surface area contributed by atoms with Crippen LogP contribution < -0.4 is 10.2 Å². The highest BCUT2D eigenvalue weighted by Gasteiger charge is 2.36. The first kappa shape index (κ1) is 22.5. The van der Waals surface area contributed by atoms with Crippen molar-refractivity contribution in [2.75, 3.05) is 4.90 Å². The first-order chi connectivity index (χ1) is 14.8. The van der Waals surface area contributed by atoms with E-state index in [0.29, 0.717) is 0 Å². The van der Waals surface area contributed by atoms with Crippen LogP contribution in [0.15, 0.2) is 54.6 Å². The Morgan fingerprint density at radius 3 is 2.35 bits per heavy atom. The summed E-state index contributed by atoms with van der Waals surface area (Å²) in [6.07, 6.45) is -0.00549. The minimum absolute atomic E-state index is 0.00229. The summed E-state index contributed by atoms with van der Waals surface area (Å²) in [6.45, 7) is 7.23. The van der Waals surface area contributed by atoms with Gasteiger partial charge in [0.1, 0.15) is 6.04 Å². The van der Waals surface area contributed by atoms with Crippen LogP contribution in [0.2, 0.25) is 0 Å². The molecule has 6 nitrogen and oxygen atoms in total. The van der Waals surface area contributed by atoms with Crippen LogP contribution in [-0.2, 0) is 32.0 Å². The molecule has 0 spiro atoms. The summed E-state index contributed by atoms with van der Waals surface area (Å²) < 4.78 is 5.52. The topological polar surface area (TPSA) is 75.7 Å². The number of nitrogens with zero attached hydrogens (tertiary/aromatic N) is 1. The van der Waals surface area contributed by atoms with Gasteiger partial charge in [-0.25, -0.2) is 4.79 Å². The van der Waals surface area contributed by atoms with Crippen LogP contribution in [-0.4, -0.2) is 36.0 Å². The fraction of sp³-hybridized carbons (Fsp3) is 0.400. The Hall–Kier alpha value is -3.15. The van der Waals surface area contributed by atoms with Gasteiger partial charge in [-0.3, -0.25) is 9.59 Å². The zero-order valence-electron chi connectivity index (χ0n) is 18.5. The number of carbonyl (C=O) groups is 3. The molecule has 0 bridgehead atoms. The molecule has 2 amide bonds. The summed E-state index contributed by atoms with van der Waals surface area (Å²) in [5.74, 6) is -1.30. The number of ether oxygens (including phenoxy) is 1. The lowest BCUT2D eigenvalue weighted by molar-refractivity contribution is -0.158. The largest absolute Gasteiger partial charge is 0.451 e. The van der Waals surface area contributed by atoms with E-state index in [1.807, 2.05) is 75.4 Å². The summed E-state index contributed by atoms with van der Waals surface area (Å²) in [6, 6.07) is 16.3. The van der Waals surface area contributed by atoms with Gasteiger partial charge in [0, 0.05) is 11.7 Å². The highest BCUT2D eigenvalue weighted by molar-refractivity contribution is 6.00. The average molecular weight is 423 g/mol. The monoisotopic (exact) mass is 422 g/mol. The SMILES string of the molecule is CC(C)[C@H](NC(=O)Cc1ccccc1)C(=O)O[C@@H](C)C(=O)N1c2ccccc2C[C@H]1C. The maximum atomic E-state index is 13.1. The molecule has 164 valence electrons. The number of para-hydroxylation sites is 1. The van der Waals surface area contributed by atoms with Gasteiger partial charge in [0.2, 0.25) is 5.91 Å². The lowest BCUT2D eigenvalue weighted by atomic mass is 10.0. The molecule has 0 radical (unpaired) electrons. The summed E-state index contributed by atoms with van der Waals surface area (Å²) in [5.41, 5.74) is 2.83. The number of amides is 2. The molecular weight excluding hydrogens is 392 g/mol. The number of nitrogens with one attached hydrogen (secondary N) is 1. The first-order valence-corrected chi connectivity index (χ1v) is 10.7. The number of rotatable bonds is 7. The van der Waals surface area contributed by atoms with Crippen molar-refractivity contribution in [2.45, 2.75) is 58.7 Å². The molecule has 6 heteroatoms. The van der Waals surface area contributed by atoms with Gasteiger partial charge in [-0.2, -0.15) is 0 Å². The molecule has 1 heterocycles. The number of esters is 1. The third-order valence-electron chi connectivity index (χ3n) is 5.53. The van der Waals surface area contributed by atoms with E-state index in [1.165, 1.54) is 0 Å². The molecular formula is C25H30N2O4. The van der Waals surface area contributed by atoms with E-state index in [4.69, 9.17) is 4.74 Å². The summed E-state index contributed by atoms with van der Waals surface area (Å²) in [4.78, 5) is 40.0. The summed E-state index contributed by atoms with van der Waals surface area (Å²) in [7, 11) is 0. The number of anilines is 1. The molecule has 1 aliphatic heterocycles. The Kier molecular flexibility index (Phi) is 7.10. The zero-order chi connectivity index (χ0) is 22.5. The van der Waals surface area contributed by atoms with Crippen LogP contribution in [0.25, 0.3) is 0 Å². The van der Waals surface area contributed by atoms with E-state index < -0.39 is 18.1 Å². The molecule has 0 fully saturated rings. The molecule has 1 N–H and O–H groups in total. The second kappa shape index (κ2) is 9.77. The number of hydrogen-bond acceptors (Lipinski definition) is 4. The van der Waals surface area contributed by atoms with E-state index in [1.54, 1.807) is 11.8 Å². The molecule has 3 rings (SSSR count). The number of benzene rings is 2. The van der Waals surface area contributed by atoms with Crippen molar-refractivity contribution in [3.63, 3.8) is 0 Å². The smallest absolute Gasteiger partial charge is 0.329 e. The van der Waals surface area contributed by atoms with Crippen molar-refractivity contribution in [3.05, 3.63) is 65.7 Å². The molecule has 0 aliphatic carbocycles. The average Bonchev–Trinajstić information content (AvgIpc) is 3.07. The van der Waals surface area contributed by atoms with Crippen molar-refractivity contribution >= 4 is 23.5 Å².